The third-order valence-electron chi connectivity index (χ3n) is 5.95. The molecule has 5 rings (SSSR count). The van der Waals surface area contributed by atoms with Crippen LogP contribution < -0.4 is 10.3 Å². The van der Waals surface area contributed by atoms with E-state index in [4.69, 9.17) is 4.74 Å². The number of ether oxygens (including phenoxy) is 1. The molecule has 0 atom stereocenters. The van der Waals surface area contributed by atoms with Crippen molar-refractivity contribution in [1.29, 1.82) is 0 Å². The maximum atomic E-state index is 13.8. The average Bonchev–Trinajstić information content (AvgIpc) is 3.28. The molecular weight excluding hydrogens is 413 g/mol. The molecule has 6 heteroatoms. The number of pyridine rings is 1. The average molecular weight is 436 g/mol. The third kappa shape index (κ3) is 3.36. The molecule has 1 N–H and O–H groups in total. The van der Waals surface area contributed by atoms with Crippen molar-refractivity contribution >= 4 is 21.4 Å². The van der Waals surface area contributed by atoms with Crippen molar-refractivity contribution in [3.8, 4) is 22.6 Å². The van der Waals surface area contributed by atoms with Gasteiger partial charge in [-0.15, -0.1) is 11.3 Å². The van der Waals surface area contributed by atoms with Crippen LogP contribution >= 0.6 is 11.3 Å². The monoisotopic (exact) mass is 435 g/mol. The Morgan fingerprint density at radius 1 is 1.10 bits per heavy atom. The van der Waals surface area contributed by atoms with Crippen LogP contribution in [0.4, 0.5) is 4.39 Å². The molecule has 0 aliphatic heterocycles. The highest BCUT2D eigenvalue weighted by Crippen LogP contribution is 2.48. The van der Waals surface area contributed by atoms with Crippen molar-refractivity contribution in [2.45, 2.75) is 32.3 Å². The van der Waals surface area contributed by atoms with E-state index in [1.54, 1.807) is 11.6 Å². The molecule has 0 unspecified atom stereocenters. The molecule has 1 aliphatic rings. The number of benzene rings is 2. The molecule has 158 valence electrons. The molecule has 1 fully saturated rings. The number of aliphatic hydroxyl groups is 1. The largest absolute Gasteiger partial charge is 0.456 e. The normalized spacial score (nSPS) is 14.7. The number of halogens is 1. The Hall–Kier alpha value is -2.96. The van der Waals surface area contributed by atoms with Gasteiger partial charge >= 0.3 is 0 Å². The van der Waals surface area contributed by atoms with Crippen LogP contribution in [0.1, 0.15) is 29.5 Å². The second kappa shape index (κ2) is 7.04. The number of aromatic nitrogens is 1. The van der Waals surface area contributed by atoms with Gasteiger partial charge in [0.15, 0.2) is 0 Å². The van der Waals surface area contributed by atoms with Gasteiger partial charge in [-0.05, 0) is 79.1 Å². The Labute approximate surface area is 183 Å². The molecule has 1 aliphatic carbocycles. The number of aryl methyl sites for hydroxylation is 3. The van der Waals surface area contributed by atoms with Crippen LogP contribution in [0.2, 0.25) is 0 Å². The van der Waals surface area contributed by atoms with Crippen LogP contribution in [0.5, 0.6) is 11.5 Å². The van der Waals surface area contributed by atoms with Crippen molar-refractivity contribution in [3.05, 3.63) is 80.8 Å². The molecule has 4 nitrogen and oxygen atoms in total. The zero-order valence-electron chi connectivity index (χ0n) is 17.5. The van der Waals surface area contributed by atoms with Gasteiger partial charge in [0.2, 0.25) is 0 Å². The SMILES string of the molecule is Cc1cc(F)cc(C)c1Oc1ccc(C2(O)CC2)cc1-c1cn(C)c(=O)c2ccsc12. The van der Waals surface area contributed by atoms with E-state index in [0.29, 0.717) is 28.0 Å². The fourth-order valence-corrected chi connectivity index (χ4v) is 4.99. The first-order valence-electron chi connectivity index (χ1n) is 10.2. The molecule has 2 aromatic carbocycles. The summed E-state index contributed by atoms with van der Waals surface area (Å²) < 4.78 is 22.6. The molecule has 1 saturated carbocycles. The zero-order chi connectivity index (χ0) is 21.9. The Morgan fingerprint density at radius 3 is 2.48 bits per heavy atom. The van der Waals surface area contributed by atoms with Crippen LogP contribution in [0.15, 0.2) is 52.8 Å². The van der Waals surface area contributed by atoms with Crippen molar-refractivity contribution in [2.24, 2.45) is 7.05 Å². The Morgan fingerprint density at radius 2 is 1.81 bits per heavy atom. The fourth-order valence-electron chi connectivity index (χ4n) is 4.07. The lowest BCUT2D eigenvalue weighted by atomic mass is 9.98. The summed E-state index contributed by atoms with van der Waals surface area (Å²) in [5.74, 6) is 0.902. The molecule has 0 amide bonds. The summed E-state index contributed by atoms with van der Waals surface area (Å²) in [6.45, 7) is 3.63. The van der Waals surface area contributed by atoms with E-state index in [2.05, 4.69) is 0 Å². The lowest BCUT2D eigenvalue weighted by Gasteiger charge is -2.18. The first kappa shape index (κ1) is 20.0. The molecular formula is C25H22FNO3S. The van der Waals surface area contributed by atoms with Crippen molar-refractivity contribution in [2.75, 3.05) is 0 Å². The maximum Gasteiger partial charge on any atom is 0.259 e. The number of fused-ring (bicyclic) bond motifs is 1. The van der Waals surface area contributed by atoms with Crippen molar-refractivity contribution in [3.63, 3.8) is 0 Å². The van der Waals surface area contributed by atoms with Gasteiger partial charge in [0.1, 0.15) is 17.3 Å². The van der Waals surface area contributed by atoms with Crippen LogP contribution in [0.25, 0.3) is 21.2 Å². The minimum Gasteiger partial charge on any atom is -0.456 e. The number of rotatable bonds is 4. The molecule has 0 spiro atoms. The van der Waals surface area contributed by atoms with E-state index in [0.717, 1.165) is 34.2 Å². The molecule has 2 aromatic heterocycles. The first-order chi connectivity index (χ1) is 14.8. The van der Waals surface area contributed by atoms with Crippen LogP contribution in [-0.4, -0.2) is 9.67 Å². The van der Waals surface area contributed by atoms with E-state index >= 15 is 0 Å². The summed E-state index contributed by atoms with van der Waals surface area (Å²) in [7, 11) is 1.73. The smallest absolute Gasteiger partial charge is 0.259 e. The molecule has 0 bridgehead atoms. The Kier molecular flexibility index (Phi) is 4.53. The number of thiophene rings is 1. The highest BCUT2D eigenvalue weighted by atomic mass is 32.1. The summed E-state index contributed by atoms with van der Waals surface area (Å²) >= 11 is 1.50. The van der Waals surface area contributed by atoms with Gasteiger partial charge < -0.3 is 14.4 Å². The van der Waals surface area contributed by atoms with Gasteiger partial charge in [-0.25, -0.2) is 4.39 Å². The van der Waals surface area contributed by atoms with Gasteiger partial charge in [-0.3, -0.25) is 4.79 Å². The van der Waals surface area contributed by atoms with E-state index in [1.807, 2.05) is 49.7 Å². The molecule has 4 aromatic rings. The Bertz CT molecular complexity index is 1370. The van der Waals surface area contributed by atoms with Gasteiger partial charge in [0, 0.05) is 29.1 Å². The van der Waals surface area contributed by atoms with Crippen LogP contribution in [-0.2, 0) is 12.6 Å². The third-order valence-corrected chi connectivity index (χ3v) is 6.90. The van der Waals surface area contributed by atoms with Crippen molar-refractivity contribution < 1.29 is 14.2 Å². The summed E-state index contributed by atoms with van der Waals surface area (Å²) in [6.07, 6.45) is 3.27. The highest BCUT2D eigenvalue weighted by molar-refractivity contribution is 7.17. The summed E-state index contributed by atoms with van der Waals surface area (Å²) in [6, 6.07) is 10.4. The zero-order valence-corrected chi connectivity index (χ0v) is 18.3. The van der Waals surface area contributed by atoms with Gasteiger partial charge in [0.25, 0.3) is 5.56 Å². The van der Waals surface area contributed by atoms with E-state index in [9.17, 15) is 14.3 Å². The number of nitrogens with zero attached hydrogens (tertiary/aromatic N) is 1. The predicted octanol–water partition coefficient (Wildman–Crippen LogP) is 5.80. The van der Waals surface area contributed by atoms with Gasteiger partial charge in [0.05, 0.1) is 11.0 Å². The summed E-state index contributed by atoms with van der Waals surface area (Å²) in [4.78, 5) is 12.6. The molecule has 31 heavy (non-hydrogen) atoms. The van der Waals surface area contributed by atoms with E-state index < -0.39 is 5.60 Å². The quantitative estimate of drug-likeness (QED) is 0.441. The number of hydrogen-bond donors (Lipinski definition) is 1. The second-order valence-electron chi connectivity index (χ2n) is 8.34. The van der Waals surface area contributed by atoms with Gasteiger partial charge in [-0.2, -0.15) is 0 Å². The van der Waals surface area contributed by atoms with Crippen molar-refractivity contribution in [1.82, 2.24) is 4.57 Å². The van der Waals surface area contributed by atoms with Gasteiger partial charge in [-0.1, -0.05) is 6.07 Å². The highest BCUT2D eigenvalue weighted by Gasteiger charge is 2.42. The van der Waals surface area contributed by atoms with E-state index in [1.165, 1.54) is 23.5 Å². The Balaban J connectivity index is 1.74. The standard InChI is InChI=1S/C25H22FNO3S/c1-14-10-17(26)11-15(2)22(14)30-21-5-4-16(25(29)7-8-25)12-19(21)20-13-27(3)24(28)18-6-9-31-23(18)20/h4-6,9-13,29H,7-8H2,1-3H3. The van der Waals surface area contributed by atoms with Crippen LogP contribution in [0, 0.1) is 19.7 Å². The topological polar surface area (TPSA) is 51.5 Å². The van der Waals surface area contributed by atoms with E-state index in [-0.39, 0.29) is 11.4 Å². The minimum atomic E-state index is -0.801. The second-order valence-corrected chi connectivity index (χ2v) is 9.25. The first-order valence-corrected chi connectivity index (χ1v) is 11.0. The fraction of sp³-hybridized carbons (Fsp3) is 0.240. The maximum absolute atomic E-state index is 13.8. The lowest BCUT2D eigenvalue weighted by molar-refractivity contribution is 0.151. The summed E-state index contributed by atoms with van der Waals surface area (Å²) in [5, 5.41) is 13.3. The predicted molar refractivity (Wildman–Crippen MR) is 122 cm³/mol. The molecule has 0 radical (unpaired) electrons. The minimum absolute atomic E-state index is 0.0512. The summed E-state index contributed by atoms with van der Waals surface area (Å²) in [5.41, 5.74) is 3.05. The van der Waals surface area contributed by atoms with Crippen LogP contribution in [0.3, 0.4) is 0 Å². The number of hydrogen-bond acceptors (Lipinski definition) is 4. The molecule has 0 saturated heterocycles. The lowest BCUT2D eigenvalue weighted by Crippen LogP contribution is -2.15. The molecule has 2 heterocycles.